The quantitative estimate of drug-likeness (QED) is 0.849. The van der Waals surface area contributed by atoms with E-state index in [-0.39, 0.29) is 11.5 Å². The summed E-state index contributed by atoms with van der Waals surface area (Å²) in [5.74, 6) is 1.86. The van der Waals surface area contributed by atoms with Crippen LogP contribution in [0, 0.1) is 0 Å². The number of aromatic amines is 1. The van der Waals surface area contributed by atoms with Crippen molar-refractivity contribution in [2.75, 3.05) is 24.6 Å². The third-order valence-electron chi connectivity index (χ3n) is 2.71. The number of nitrogens with one attached hydrogen (secondary N) is 1. The number of H-pyrrole nitrogens is 1. The van der Waals surface area contributed by atoms with Crippen LogP contribution in [0.5, 0.6) is 0 Å². The number of hydrogen-bond acceptors (Lipinski definition) is 4. The molecule has 7 heteroatoms. The highest BCUT2D eigenvalue weighted by molar-refractivity contribution is 7.99. The summed E-state index contributed by atoms with van der Waals surface area (Å²) in [6.45, 7) is 0.965. The number of sulfonamides is 1. The Balaban J connectivity index is 2.22. The lowest BCUT2D eigenvalue weighted by Crippen LogP contribution is -2.32. The highest BCUT2D eigenvalue weighted by Crippen LogP contribution is 2.20. The van der Waals surface area contributed by atoms with Gasteiger partial charge >= 0.3 is 0 Å². The highest BCUT2D eigenvalue weighted by Gasteiger charge is 2.26. The first-order chi connectivity index (χ1) is 8.14. The first kappa shape index (κ1) is 12.9. The van der Waals surface area contributed by atoms with Crippen LogP contribution in [-0.2, 0) is 16.6 Å². The molecular weight excluding hydrogens is 260 g/mol. The highest BCUT2D eigenvalue weighted by atomic mass is 32.2. The summed E-state index contributed by atoms with van der Waals surface area (Å²) in [4.78, 5) is 3.00. The van der Waals surface area contributed by atoms with E-state index in [1.807, 2.05) is 0 Å². The van der Waals surface area contributed by atoms with E-state index in [1.165, 1.54) is 16.6 Å². The van der Waals surface area contributed by atoms with Crippen molar-refractivity contribution in [2.24, 2.45) is 0 Å². The Bertz CT molecular complexity index is 462. The van der Waals surface area contributed by atoms with E-state index in [9.17, 15) is 8.42 Å². The van der Waals surface area contributed by atoms with Gasteiger partial charge in [0.25, 0.3) is 0 Å². The number of aliphatic hydroxyl groups excluding tert-OH is 1. The molecule has 0 radical (unpaired) electrons. The van der Waals surface area contributed by atoms with Crippen molar-refractivity contribution in [3.8, 4) is 0 Å². The van der Waals surface area contributed by atoms with Gasteiger partial charge < -0.3 is 10.1 Å². The van der Waals surface area contributed by atoms with Gasteiger partial charge in [0.05, 0.1) is 11.5 Å². The molecule has 0 aliphatic carbocycles. The molecule has 0 aromatic carbocycles. The standard InChI is InChI=1S/C10H16N2O3S2/c13-8-9-6-10(7-11-9)17(14,15)12-2-1-4-16-5-3-12/h6-7,11,13H,1-5,8H2. The van der Waals surface area contributed by atoms with Crippen molar-refractivity contribution in [3.05, 3.63) is 18.0 Å². The normalized spacial score (nSPS) is 19.1. The summed E-state index contributed by atoms with van der Waals surface area (Å²) in [6, 6.07) is 1.49. The molecule has 1 aliphatic heterocycles. The Hall–Kier alpha value is -0.500. The maximum atomic E-state index is 12.3. The van der Waals surface area contributed by atoms with Crippen LogP contribution in [0.4, 0.5) is 0 Å². The smallest absolute Gasteiger partial charge is 0.244 e. The molecule has 17 heavy (non-hydrogen) atoms. The van der Waals surface area contributed by atoms with Crippen LogP contribution in [0.2, 0.25) is 0 Å². The summed E-state index contributed by atoms with van der Waals surface area (Å²) >= 11 is 1.79. The molecule has 0 unspecified atom stereocenters. The summed E-state index contributed by atoms with van der Waals surface area (Å²) in [6.07, 6.45) is 2.33. The van der Waals surface area contributed by atoms with Crippen molar-refractivity contribution < 1.29 is 13.5 Å². The van der Waals surface area contributed by atoms with Gasteiger partial charge in [0.2, 0.25) is 10.0 Å². The lowest BCUT2D eigenvalue weighted by Gasteiger charge is -2.18. The number of aromatic nitrogens is 1. The van der Waals surface area contributed by atoms with E-state index >= 15 is 0 Å². The Morgan fingerprint density at radius 1 is 1.41 bits per heavy atom. The predicted molar refractivity (Wildman–Crippen MR) is 67.4 cm³/mol. The van der Waals surface area contributed by atoms with Gasteiger partial charge in [-0.3, -0.25) is 0 Å². The van der Waals surface area contributed by atoms with Crippen molar-refractivity contribution in [1.82, 2.24) is 9.29 Å². The summed E-state index contributed by atoms with van der Waals surface area (Å²) < 4.78 is 26.1. The molecule has 5 nitrogen and oxygen atoms in total. The lowest BCUT2D eigenvalue weighted by atomic mass is 10.5. The number of aliphatic hydroxyl groups is 1. The van der Waals surface area contributed by atoms with Gasteiger partial charge in [-0.2, -0.15) is 16.1 Å². The fourth-order valence-corrected chi connectivity index (χ4v) is 4.27. The van der Waals surface area contributed by atoms with E-state index in [4.69, 9.17) is 5.11 Å². The Morgan fingerprint density at radius 3 is 2.94 bits per heavy atom. The second kappa shape index (κ2) is 5.43. The van der Waals surface area contributed by atoms with Crippen LogP contribution < -0.4 is 0 Å². The topological polar surface area (TPSA) is 73.4 Å². The fraction of sp³-hybridized carbons (Fsp3) is 0.600. The number of rotatable bonds is 3. The minimum Gasteiger partial charge on any atom is -0.390 e. The van der Waals surface area contributed by atoms with Gasteiger partial charge in [0.1, 0.15) is 0 Å². The molecule has 2 rings (SSSR count). The molecule has 2 heterocycles. The average Bonchev–Trinajstić information content (AvgIpc) is 2.64. The molecule has 1 aromatic rings. The Morgan fingerprint density at radius 2 is 2.24 bits per heavy atom. The van der Waals surface area contributed by atoms with E-state index in [0.717, 1.165) is 17.9 Å². The molecule has 1 aromatic heterocycles. The molecule has 0 saturated carbocycles. The van der Waals surface area contributed by atoms with Gasteiger partial charge in [0, 0.05) is 30.7 Å². The van der Waals surface area contributed by atoms with Crippen molar-refractivity contribution in [2.45, 2.75) is 17.9 Å². The number of thioether (sulfide) groups is 1. The van der Waals surface area contributed by atoms with Crippen molar-refractivity contribution in [3.63, 3.8) is 0 Å². The molecule has 0 spiro atoms. The third-order valence-corrected chi connectivity index (χ3v) is 5.63. The van der Waals surface area contributed by atoms with Gasteiger partial charge in [-0.25, -0.2) is 8.42 Å². The summed E-state index contributed by atoms with van der Waals surface area (Å²) in [5, 5.41) is 8.93. The molecule has 1 fully saturated rings. The predicted octanol–water partition coefficient (Wildman–Crippen LogP) is 0.635. The fourth-order valence-electron chi connectivity index (χ4n) is 1.77. The van der Waals surface area contributed by atoms with Crippen LogP contribution >= 0.6 is 11.8 Å². The minimum absolute atomic E-state index is 0.175. The maximum absolute atomic E-state index is 12.3. The Kier molecular flexibility index (Phi) is 4.13. The van der Waals surface area contributed by atoms with Crippen LogP contribution in [0.25, 0.3) is 0 Å². The van der Waals surface area contributed by atoms with Crippen LogP contribution in [0.1, 0.15) is 12.1 Å². The number of nitrogens with zero attached hydrogens (tertiary/aromatic N) is 1. The van der Waals surface area contributed by atoms with Crippen molar-refractivity contribution in [1.29, 1.82) is 0 Å². The molecule has 96 valence electrons. The Labute approximate surface area is 105 Å². The minimum atomic E-state index is -3.40. The maximum Gasteiger partial charge on any atom is 0.244 e. The largest absolute Gasteiger partial charge is 0.390 e. The van der Waals surface area contributed by atoms with E-state index in [2.05, 4.69) is 4.98 Å². The lowest BCUT2D eigenvalue weighted by molar-refractivity contribution is 0.277. The third kappa shape index (κ3) is 2.85. The van der Waals surface area contributed by atoms with E-state index in [1.54, 1.807) is 11.8 Å². The van der Waals surface area contributed by atoms with E-state index < -0.39 is 10.0 Å². The molecule has 0 bridgehead atoms. The van der Waals surface area contributed by atoms with Crippen LogP contribution in [0.15, 0.2) is 17.2 Å². The van der Waals surface area contributed by atoms with Crippen LogP contribution in [-0.4, -0.2) is 47.4 Å². The molecule has 0 amide bonds. The van der Waals surface area contributed by atoms with Gasteiger partial charge in [0.15, 0.2) is 0 Å². The zero-order valence-electron chi connectivity index (χ0n) is 9.42. The van der Waals surface area contributed by atoms with Gasteiger partial charge in [-0.05, 0) is 18.2 Å². The zero-order valence-corrected chi connectivity index (χ0v) is 11.1. The first-order valence-electron chi connectivity index (χ1n) is 5.50. The van der Waals surface area contributed by atoms with Crippen molar-refractivity contribution >= 4 is 21.8 Å². The van der Waals surface area contributed by atoms with Crippen LogP contribution in [0.3, 0.4) is 0 Å². The SMILES string of the molecule is O=S(=O)(c1c[nH]c(CO)c1)N1CCCSCC1. The first-order valence-corrected chi connectivity index (χ1v) is 8.10. The average molecular weight is 276 g/mol. The molecule has 1 saturated heterocycles. The van der Waals surface area contributed by atoms with E-state index in [0.29, 0.717) is 18.8 Å². The summed E-state index contributed by atoms with van der Waals surface area (Å²) in [7, 11) is -3.40. The second-order valence-corrected chi connectivity index (χ2v) is 7.05. The number of hydrogen-bond donors (Lipinski definition) is 2. The van der Waals surface area contributed by atoms with Gasteiger partial charge in [-0.15, -0.1) is 0 Å². The molecule has 0 atom stereocenters. The molecular formula is C10H16N2O3S2. The molecule has 1 aliphatic rings. The molecule has 2 N–H and O–H groups in total. The second-order valence-electron chi connectivity index (χ2n) is 3.89. The monoisotopic (exact) mass is 276 g/mol. The van der Waals surface area contributed by atoms with Gasteiger partial charge in [-0.1, -0.05) is 0 Å². The zero-order chi connectivity index (χ0) is 12.3. The summed E-state index contributed by atoms with van der Waals surface area (Å²) in [5.41, 5.74) is 0.521.